The predicted octanol–water partition coefficient (Wildman–Crippen LogP) is 2.74. The molecule has 0 fully saturated rings. The smallest absolute Gasteiger partial charge is 0.0267 e. The molecule has 0 atom stereocenters. The first kappa shape index (κ1) is 15.8. The van der Waals surface area contributed by atoms with Gasteiger partial charge in [0.1, 0.15) is 0 Å². The summed E-state index contributed by atoms with van der Waals surface area (Å²) >= 11 is 0. The molecule has 0 aliphatic carbocycles. The van der Waals surface area contributed by atoms with Crippen LogP contribution in [0.5, 0.6) is 0 Å². The summed E-state index contributed by atoms with van der Waals surface area (Å²) in [5, 5.41) is 0. The zero-order valence-electron chi connectivity index (χ0n) is 7.38. The Hall–Kier alpha value is -0.701. The average molecular weight is 303 g/mol. The number of pyridine rings is 2. The van der Waals surface area contributed by atoms with E-state index in [1.165, 1.54) is 0 Å². The molecule has 0 amide bonds. The molecule has 0 aliphatic rings. The van der Waals surface area contributed by atoms with Crippen LogP contribution in [0.4, 0.5) is 0 Å². The van der Waals surface area contributed by atoms with E-state index in [1.54, 1.807) is 24.8 Å². The fourth-order valence-electron chi connectivity index (χ4n) is 0.625. The second-order valence-corrected chi connectivity index (χ2v) is 2.05. The summed E-state index contributed by atoms with van der Waals surface area (Å²) < 4.78 is 0. The normalized spacial score (nSPS) is 6.86. The molecule has 4 heteroatoms. The van der Waals surface area contributed by atoms with Gasteiger partial charge in [0.25, 0.3) is 0 Å². The van der Waals surface area contributed by atoms with Crippen LogP contribution >= 0.6 is 17.0 Å². The third-order valence-corrected chi connectivity index (χ3v) is 1.13. The molecule has 2 rings (SSSR count). The molecule has 14 heavy (non-hydrogen) atoms. The van der Waals surface area contributed by atoms with Gasteiger partial charge in [-0.2, -0.15) is 0 Å². The summed E-state index contributed by atoms with van der Waals surface area (Å²) in [6.45, 7) is 0. The van der Waals surface area contributed by atoms with Crippen molar-refractivity contribution in [3.63, 3.8) is 0 Å². The fraction of sp³-hybridized carbons (Fsp3) is 0. The number of halogens is 1. The fourth-order valence-corrected chi connectivity index (χ4v) is 0.625. The van der Waals surface area contributed by atoms with E-state index in [9.17, 15) is 0 Å². The largest absolute Gasteiger partial charge is 0.265 e. The number of rotatable bonds is 0. The molecule has 0 aliphatic heterocycles. The third-order valence-electron chi connectivity index (χ3n) is 1.13. The van der Waals surface area contributed by atoms with E-state index in [0.29, 0.717) is 0 Å². The molecular formula is C10H11BrCuN2. The third kappa shape index (κ3) is 9.39. The molecule has 1 radical (unpaired) electrons. The molecule has 0 spiro atoms. The summed E-state index contributed by atoms with van der Waals surface area (Å²) in [6.07, 6.45) is 7.00. The van der Waals surface area contributed by atoms with Crippen molar-refractivity contribution in [2.24, 2.45) is 0 Å². The summed E-state index contributed by atoms with van der Waals surface area (Å²) in [5.74, 6) is 0. The summed E-state index contributed by atoms with van der Waals surface area (Å²) in [4.78, 5) is 7.57. The van der Waals surface area contributed by atoms with Gasteiger partial charge in [-0.1, -0.05) is 12.1 Å². The molecule has 79 valence electrons. The Balaban J connectivity index is 0. The van der Waals surface area contributed by atoms with Crippen molar-refractivity contribution in [2.75, 3.05) is 0 Å². The van der Waals surface area contributed by atoms with Crippen LogP contribution in [-0.2, 0) is 17.1 Å². The molecule has 0 saturated heterocycles. The van der Waals surface area contributed by atoms with Crippen LogP contribution in [0.1, 0.15) is 0 Å². The molecule has 0 bridgehead atoms. The van der Waals surface area contributed by atoms with Crippen LogP contribution in [0, 0.1) is 0 Å². The van der Waals surface area contributed by atoms with Gasteiger partial charge >= 0.3 is 0 Å². The molecule has 0 saturated carbocycles. The summed E-state index contributed by atoms with van der Waals surface area (Å²) in [7, 11) is 0. The second-order valence-electron chi connectivity index (χ2n) is 2.05. The molecule has 2 aromatic rings. The Kier molecular flexibility index (Phi) is 13.8. The Bertz CT molecular complexity index is 194. The van der Waals surface area contributed by atoms with Crippen LogP contribution in [0.2, 0.25) is 0 Å². The van der Waals surface area contributed by atoms with Crippen molar-refractivity contribution >= 4 is 17.0 Å². The van der Waals surface area contributed by atoms with Crippen molar-refractivity contribution < 1.29 is 17.1 Å². The zero-order chi connectivity index (χ0) is 8.49. The van der Waals surface area contributed by atoms with Crippen molar-refractivity contribution in [2.45, 2.75) is 0 Å². The minimum atomic E-state index is 0. The molecule has 2 heterocycles. The Morgan fingerprint density at radius 2 is 0.786 bits per heavy atom. The van der Waals surface area contributed by atoms with Gasteiger partial charge in [0, 0.05) is 41.9 Å². The molecule has 2 nitrogen and oxygen atoms in total. The van der Waals surface area contributed by atoms with Gasteiger partial charge in [-0.3, -0.25) is 9.97 Å². The van der Waals surface area contributed by atoms with E-state index in [-0.39, 0.29) is 34.1 Å². The number of hydrogen-bond acceptors (Lipinski definition) is 2. The van der Waals surface area contributed by atoms with E-state index >= 15 is 0 Å². The molecule has 0 aromatic carbocycles. The molecular weight excluding hydrogens is 292 g/mol. The van der Waals surface area contributed by atoms with Crippen molar-refractivity contribution in [3.05, 3.63) is 61.2 Å². The summed E-state index contributed by atoms with van der Waals surface area (Å²) in [6, 6.07) is 11.4. The van der Waals surface area contributed by atoms with E-state index in [2.05, 4.69) is 9.97 Å². The molecule has 2 aromatic heterocycles. The SMILES string of the molecule is Br.[Cu].c1ccncc1.c1ccncc1. The standard InChI is InChI=1S/2C5H5N.BrH.Cu/c2*1-2-4-6-5-3-1;;/h2*1-5H;1H;. The monoisotopic (exact) mass is 301 g/mol. The Labute approximate surface area is 105 Å². The van der Waals surface area contributed by atoms with Crippen molar-refractivity contribution in [1.82, 2.24) is 9.97 Å². The van der Waals surface area contributed by atoms with Crippen LogP contribution in [0.15, 0.2) is 61.2 Å². The van der Waals surface area contributed by atoms with Gasteiger partial charge in [0.2, 0.25) is 0 Å². The zero-order valence-corrected chi connectivity index (χ0v) is 10.0. The van der Waals surface area contributed by atoms with Crippen LogP contribution in [0.3, 0.4) is 0 Å². The van der Waals surface area contributed by atoms with E-state index in [0.717, 1.165) is 0 Å². The first-order valence-corrected chi connectivity index (χ1v) is 3.70. The van der Waals surface area contributed by atoms with Gasteiger partial charge in [-0.05, 0) is 24.3 Å². The minimum Gasteiger partial charge on any atom is -0.265 e. The molecule has 0 N–H and O–H groups in total. The maximum atomic E-state index is 3.78. The number of nitrogens with zero attached hydrogens (tertiary/aromatic N) is 2. The maximum Gasteiger partial charge on any atom is 0.0267 e. The summed E-state index contributed by atoms with van der Waals surface area (Å²) in [5.41, 5.74) is 0. The topological polar surface area (TPSA) is 25.8 Å². The van der Waals surface area contributed by atoms with Gasteiger partial charge in [-0.15, -0.1) is 17.0 Å². The Morgan fingerprint density at radius 1 is 0.500 bits per heavy atom. The van der Waals surface area contributed by atoms with E-state index in [4.69, 9.17) is 0 Å². The number of hydrogen-bond donors (Lipinski definition) is 0. The van der Waals surface area contributed by atoms with Gasteiger partial charge < -0.3 is 0 Å². The minimum absolute atomic E-state index is 0. The van der Waals surface area contributed by atoms with E-state index in [1.807, 2.05) is 36.4 Å². The first-order chi connectivity index (χ1) is 6.00. The van der Waals surface area contributed by atoms with E-state index < -0.39 is 0 Å². The van der Waals surface area contributed by atoms with Gasteiger partial charge in [0.15, 0.2) is 0 Å². The average Bonchev–Trinajstić information content (AvgIpc) is 2.24. The number of aromatic nitrogens is 2. The van der Waals surface area contributed by atoms with Crippen LogP contribution in [-0.4, -0.2) is 9.97 Å². The Morgan fingerprint density at radius 3 is 0.857 bits per heavy atom. The predicted molar refractivity (Wildman–Crippen MR) is 58.8 cm³/mol. The molecule has 0 unspecified atom stereocenters. The van der Waals surface area contributed by atoms with Crippen molar-refractivity contribution in [1.29, 1.82) is 0 Å². The maximum absolute atomic E-state index is 3.78. The first-order valence-electron chi connectivity index (χ1n) is 3.70. The van der Waals surface area contributed by atoms with Crippen LogP contribution in [0.25, 0.3) is 0 Å². The van der Waals surface area contributed by atoms with Crippen molar-refractivity contribution in [3.8, 4) is 0 Å². The van der Waals surface area contributed by atoms with Gasteiger partial charge in [0.05, 0.1) is 0 Å². The van der Waals surface area contributed by atoms with Crippen LogP contribution < -0.4 is 0 Å². The van der Waals surface area contributed by atoms with Gasteiger partial charge in [-0.25, -0.2) is 0 Å². The second kappa shape index (κ2) is 12.3. The quantitative estimate of drug-likeness (QED) is 0.699.